The van der Waals surface area contributed by atoms with Crippen LogP contribution in [-0.2, 0) is 24.3 Å². The highest BCUT2D eigenvalue weighted by molar-refractivity contribution is 5.78. The Morgan fingerprint density at radius 2 is 1.87 bits per heavy atom. The van der Waals surface area contributed by atoms with Crippen LogP contribution in [0.5, 0.6) is 17.2 Å². The first-order valence-corrected chi connectivity index (χ1v) is 12.8. The van der Waals surface area contributed by atoms with E-state index in [2.05, 4.69) is 16.5 Å². The Morgan fingerprint density at radius 1 is 1.03 bits per heavy atom. The standard InChI is InChI=1S/C31H35N3O4/c1-5-9-24-14-15-27(29(19-24)36-4)37-17-8-16-34-26-11-7-6-10-25(26)33-30(34)20-32-31(35)21-38-28-18-22(2)12-13-23(28)3/h5-7,10-15,18-19H,1,8-9,16-17,20-21H2,2-4H3,(H,32,35). The van der Waals surface area contributed by atoms with Crippen molar-refractivity contribution in [3.05, 3.63) is 95.8 Å². The molecule has 0 saturated heterocycles. The molecule has 0 atom stereocenters. The molecule has 38 heavy (non-hydrogen) atoms. The minimum atomic E-state index is -0.195. The highest BCUT2D eigenvalue weighted by Crippen LogP contribution is 2.28. The average molecular weight is 514 g/mol. The summed E-state index contributed by atoms with van der Waals surface area (Å²) in [6.45, 7) is 9.22. The first-order valence-electron chi connectivity index (χ1n) is 12.8. The molecule has 0 unspecified atom stereocenters. The number of para-hydroxylation sites is 2. The average Bonchev–Trinajstić information content (AvgIpc) is 3.28. The third-order valence-corrected chi connectivity index (χ3v) is 6.27. The number of nitrogens with zero attached hydrogens (tertiary/aromatic N) is 2. The van der Waals surface area contributed by atoms with Crippen LogP contribution >= 0.6 is 0 Å². The van der Waals surface area contributed by atoms with Gasteiger partial charge in [0, 0.05) is 6.54 Å². The fraction of sp³-hybridized carbons (Fsp3) is 0.290. The normalized spacial score (nSPS) is 10.8. The van der Waals surface area contributed by atoms with E-state index in [1.165, 1.54) is 0 Å². The lowest BCUT2D eigenvalue weighted by molar-refractivity contribution is -0.123. The van der Waals surface area contributed by atoms with Crippen LogP contribution in [0.1, 0.15) is 28.9 Å². The summed E-state index contributed by atoms with van der Waals surface area (Å²) in [5.41, 5.74) is 5.13. The van der Waals surface area contributed by atoms with Crippen LogP contribution in [0, 0.1) is 13.8 Å². The summed E-state index contributed by atoms with van der Waals surface area (Å²) >= 11 is 0. The van der Waals surface area contributed by atoms with Crippen molar-refractivity contribution in [3.8, 4) is 17.2 Å². The van der Waals surface area contributed by atoms with Gasteiger partial charge in [-0.3, -0.25) is 4.79 Å². The number of carbonyl (C=O) groups excluding carboxylic acids is 1. The smallest absolute Gasteiger partial charge is 0.258 e. The zero-order valence-electron chi connectivity index (χ0n) is 22.3. The third kappa shape index (κ3) is 6.73. The number of benzene rings is 3. The van der Waals surface area contributed by atoms with E-state index >= 15 is 0 Å². The van der Waals surface area contributed by atoms with Crippen molar-refractivity contribution in [2.75, 3.05) is 20.3 Å². The zero-order chi connectivity index (χ0) is 26.9. The van der Waals surface area contributed by atoms with E-state index in [0.29, 0.717) is 31.2 Å². The lowest BCUT2D eigenvalue weighted by atomic mass is 10.1. The number of hydrogen-bond donors (Lipinski definition) is 1. The maximum absolute atomic E-state index is 12.5. The molecule has 0 saturated carbocycles. The second kappa shape index (κ2) is 12.8. The summed E-state index contributed by atoms with van der Waals surface area (Å²) in [7, 11) is 1.64. The lowest BCUT2D eigenvalue weighted by Gasteiger charge is -2.14. The Balaban J connectivity index is 1.36. The molecule has 1 heterocycles. The zero-order valence-corrected chi connectivity index (χ0v) is 22.3. The third-order valence-electron chi connectivity index (χ3n) is 6.27. The van der Waals surface area contributed by atoms with Gasteiger partial charge in [0.25, 0.3) is 5.91 Å². The van der Waals surface area contributed by atoms with E-state index < -0.39 is 0 Å². The molecule has 0 radical (unpaired) electrons. The van der Waals surface area contributed by atoms with E-state index in [1.807, 2.05) is 80.6 Å². The van der Waals surface area contributed by atoms with Gasteiger partial charge in [0.1, 0.15) is 11.6 Å². The minimum absolute atomic E-state index is 0.0498. The van der Waals surface area contributed by atoms with Crippen molar-refractivity contribution in [3.63, 3.8) is 0 Å². The highest BCUT2D eigenvalue weighted by Gasteiger charge is 2.13. The number of imidazole rings is 1. The summed E-state index contributed by atoms with van der Waals surface area (Å²) in [5.74, 6) is 2.74. The SMILES string of the molecule is C=CCc1ccc(OCCCn2c(CNC(=O)COc3cc(C)ccc3C)nc3ccccc32)c(OC)c1. The molecular weight excluding hydrogens is 478 g/mol. The van der Waals surface area contributed by atoms with Crippen molar-refractivity contribution in [1.29, 1.82) is 0 Å². The van der Waals surface area contributed by atoms with Crippen molar-refractivity contribution in [2.24, 2.45) is 0 Å². The van der Waals surface area contributed by atoms with Gasteiger partial charge in [0.05, 0.1) is 31.3 Å². The molecule has 198 valence electrons. The second-order valence-corrected chi connectivity index (χ2v) is 9.18. The molecule has 3 aromatic carbocycles. The number of aryl methyl sites for hydroxylation is 3. The van der Waals surface area contributed by atoms with Gasteiger partial charge in [0.15, 0.2) is 18.1 Å². The van der Waals surface area contributed by atoms with Crippen molar-refractivity contribution in [1.82, 2.24) is 14.9 Å². The molecule has 7 heteroatoms. The van der Waals surface area contributed by atoms with Gasteiger partial charge in [-0.05, 0) is 73.7 Å². The number of hydrogen-bond acceptors (Lipinski definition) is 5. The quantitative estimate of drug-likeness (QED) is 0.187. The number of fused-ring (bicyclic) bond motifs is 1. The van der Waals surface area contributed by atoms with Gasteiger partial charge >= 0.3 is 0 Å². The first kappa shape index (κ1) is 26.8. The van der Waals surface area contributed by atoms with Gasteiger partial charge < -0.3 is 24.1 Å². The Labute approximate surface area is 224 Å². The summed E-state index contributed by atoms with van der Waals surface area (Å²) < 4.78 is 19.4. The number of ether oxygens (including phenoxy) is 3. The van der Waals surface area contributed by atoms with Crippen LogP contribution in [-0.4, -0.2) is 35.8 Å². The second-order valence-electron chi connectivity index (χ2n) is 9.18. The van der Waals surface area contributed by atoms with E-state index in [9.17, 15) is 4.79 Å². The Kier molecular flexibility index (Phi) is 9.03. The fourth-order valence-corrected chi connectivity index (χ4v) is 4.27. The number of rotatable bonds is 13. The monoisotopic (exact) mass is 513 g/mol. The van der Waals surface area contributed by atoms with Crippen molar-refractivity contribution in [2.45, 2.75) is 39.8 Å². The Morgan fingerprint density at radius 3 is 2.68 bits per heavy atom. The van der Waals surface area contributed by atoms with Crippen LogP contribution in [0.3, 0.4) is 0 Å². The summed E-state index contributed by atoms with van der Waals surface area (Å²) in [6, 6.07) is 19.9. The molecule has 0 fully saturated rings. The van der Waals surface area contributed by atoms with Crippen LogP contribution in [0.2, 0.25) is 0 Å². The number of carbonyl (C=O) groups is 1. The first-order chi connectivity index (χ1) is 18.5. The van der Waals surface area contributed by atoms with Gasteiger partial charge in [-0.2, -0.15) is 0 Å². The molecular formula is C31H35N3O4. The molecule has 4 rings (SSSR count). The van der Waals surface area contributed by atoms with Crippen LogP contribution in [0.15, 0.2) is 73.3 Å². The molecule has 1 amide bonds. The minimum Gasteiger partial charge on any atom is -0.493 e. The molecule has 0 bridgehead atoms. The molecule has 1 N–H and O–H groups in total. The molecule has 0 aliphatic carbocycles. The van der Waals surface area contributed by atoms with Crippen molar-refractivity contribution < 1.29 is 19.0 Å². The molecule has 0 aliphatic rings. The Bertz CT molecular complexity index is 1410. The number of methoxy groups -OCH3 is 1. The predicted molar refractivity (Wildman–Crippen MR) is 150 cm³/mol. The molecule has 4 aromatic rings. The topological polar surface area (TPSA) is 74.6 Å². The fourth-order valence-electron chi connectivity index (χ4n) is 4.27. The maximum Gasteiger partial charge on any atom is 0.258 e. The number of nitrogens with one attached hydrogen (secondary N) is 1. The molecule has 7 nitrogen and oxygen atoms in total. The van der Waals surface area contributed by atoms with Gasteiger partial charge in [-0.1, -0.05) is 36.4 Å². The van der Waals surface area contributed by atoms with E-state index in [-0.39, 0.29) is 12.5 Å². The maximum atomic E-state index is 12.5. The summed E-state index contributed by atoms with van der Waals surface area (Å²) in [5, 5.41) is 2.95. The lowest BCUT2D eigenvalue weighted by Crippen LogP contribution is -2.29. The van der Waals surface area contributed by atoms with Crippen molar-refractivity contribution >= 4 is 16.9 Å². The number of amides is 1. The molecule has 0 spiro atoms. The van der Waals surface area contributed by atoms with E-state index in [4.69, 9.17) is 19.2 Å². The summed E-state index contributed by atoms with van der Waals surface area (Å²) in [4.78, 5) is 17.3. The van der Waals surface area contributed by atoms with Crippen LogP contribution < -0.4 is 19.5 Å². The Hall–Kier alpha value is -4.26. The molecule has 1 aromatic heterocycles. The van der Waals surface area contributed by atoms with E-state index in [0.717, 1.165) is 52.1 Å². The largest absolute Gasteiger partial charge is 0.493 e. The van der Waals surface area contributed by atoms with Gasteiger partial charge in [0.2, 0.25) is 0 Å². The molecule has 0 aliphatic heterocycles. The van der Waals surface area contributed by atoms with Crippen LogP contribution in [0.25, 0.3) is 11.0 Å². The predicted octanol–water partition coefficient (Wildman–Crippen LogP) is 5.55. The van der Waals surface area contributed by atoms with E-state index in [1.54, 1.807) is 7.11 Å². The number of allylic oxidation sites excluding steroid dienone is 1. The number of aromatic nitrogens is 2. The van der Waals surface area contributed by atoms with Gasteiger partial charge in [-0.15, -0.1) is 6.58 Å². The summed E-state index contributed by atoms with van der Waals surface area (Å²) in [6.07, 6.45) is 3.40. The van der Waals surface area contributed by atoms with Gasteiger partial charge in [-0.25, -0.2) is 4.98 Å². The highest BCUT2D eigenvalue weighted by atomic mass is 16.5. The van der Waals surface area contributed by atoms with Crippen LogP contribution in [0.4, 0.5) is 0 Å².